The van der Waals surface area contributed by atoms with E-state index in [0.717, 1.165) is 17.9 Å². The van der Waals surface area contributed by atoms with Crippen molar-refractivity contribution in [2.24, 2.45) is 11.8 Å². The van der Waals surface area contributed by atoms with Crippen molar-refractivity contribution in [1.82, 2.24) is 10.2 Å². The van der Waals surface area contributed by atoms with Crippen molar-refractivity contribution < 1.29 is 0 Å². The van der Waals surface area contributed by atoms with Crippen molar-refractivity contribution in [2.45, 2.75) is 83.2 Å². The van der Waals surface area contributed by atoms with E-state index in [1.807, 2.05) is 0 Å². The van der Waals surface area contributed by atoms with E-state index in [4.69, 9.17) is 0 Å². The molecule has 0 aromatic heterocycles. The van der Waals surface area contributed by atoms with Crippen molar-refractivity contribution in [1.29, 1.82) is 0 Å². The molecule has 0 amide bonds. The van der Waals surface area contributed by atoms with Gasteiger partial charge < -0.3 is 5.32 Å². The molecule has 1 spiro atoms. The second kappa shape index (κ2) is 6.36. The van der Waals surface area contributed by atoms with Crippen LogP contribution in [0.1, 0.15) is 71.6 Å². The van der Waals surface area contributed by atoms with Gasteiger partial charge in [-0.1, -0.05) is 46.0 Å². The van der Waals surface area contributed by atoms with Crippen LogP contribution in [0.25, 0.3) is 0 Å². The Kier molecular flexibility index (Phi) is 4.72. The fourth-order valence-electron chi connectivity index (χ4n) is 5.01. The first kappa shape index (κ1) is 14.8. The summed E-state index contributed by atoms with van der Waals surface area (Å²) in [6, 6.07) is 0.787. The Morgan fingerprint density at radius 1 is 1.10 bits per heavy atom. The minimum atomic E-state index is 0.490. The van der Waals surface area contributed by atoms with Gasteiger partial charge in [0.1, 0.15) is 0 Å². The molecule has 1 aliphatic heterocycles. The third kappa shape index (κ3) is 3.06. The normalized spacial score (nSPS) is 38.4. The standard InChI is InChI=1S/C18H34N2/c1-3-17-12-19-18(10-6-7-11-18)14-20(17)13-16-9-5-4-8-15(16)2/h15-17,19H,3-14H2,1-2H3. The zero-order valence-corrected chi connectivity index (χ0v) is 13.7. The first-order valence-electron chi connectivity index (χ1n) is 9.21. The second-order valence-electron chi connectivity index (χ2n) is 7.88. The highest BCUT2D eigenvalue weighted by Crippen LogP contribution is 2.36. The smallest absolute Gasteiger partial charge is 0.0309 e. The third-order valence-corrected chi connectivity index (χ3v) is 6.52. The SMILES string of the molecule is CCC1CNC2(CCCC2)CN1CC1CCCCC1C. The summed E-state index contributed by atoms with van der Waals surface area (Å²) in [7, 11) is 0. The van der Waals surface area contributed by atoms with E-state index in [-0.39, 0.29) is 0 Å². The molecule has 20 heavy (non-hydrogen) atoms. The van der Waals surface area contributed by atoms with E-state index in [0.29, 0.717) is 5.54 Å². The Morgan fingerprint density at radius 3 is 2.55 bits per heavy atom. The molecular formula is C18H34N2. The maximum absolute atomic E-state index is 3.93. The van der Waals surface area contributed by atoms with E-state index >= 15 is 0 Å². The van der Waals surface area contributed by atoms with E-state index in [1.165, 1.54) is 77.4 Å². The predicted molar refractivity (Wildman–Crippen MR) is 86.0 cm³/mol. The van der Waals surface area contributed by atoms with Gasteiger partial charge in [0, 0.05) is 31.2 Å². The summed E-state index contributed by atoms with van der Waals surface area (Å²) in [4.78, 5) is 2.88. The van der Waals surface area contributed by atoms with Crippen molar-refractivity contribution in [3.63, 3.8) is 0 Å². The molecular weight excluding hydrogens is 244 g/mol. The summed E-state index contributed by atoms with van der Waals surface area (Å²) < 4.78 is 0. The molecule has 2 heteroatoms. The molecule has 2 nitrogen and oxygen atoms in total. The Bertz CT molecular complexity index is 309. The quantitative estimate of drug-likeness (QED) is 0.844. The van der Waals surface area contributed by atoms with Crippen LogP contribution in [0.3, 0.4) is 0 Å². The molecule has 3 unspecified atom stereocenters. The van der Waals surface area contributed by atoms with Crippen LogP contribution in [0.4, 0.5) is 0 Å². The van der Waals surface area contributed by atoms with Crippen LogP contribution >= 0.6 is 0 Å². The highest BCUT2D eigenvalue weighted by Gasteiger charge is 2.41. The predicted octanol–water partition coefficient (Wildman–Crippen LogP) is 3.81. The van der Waals surface area contributed by atoms with Gasteiger partial charge in [-0.05, 0) is 37.5 Å². The number of rotatable bonds is 3. The molecule has 2 aliphatic carbocycles. The fraction of sp³-hybridized carbons (Fsp3) is 1.00. The first-order valence-corrected chi connectivity index (χ1v) is 9.21. The largest absolute Gasteiger partial charge is 0.308 e. The summed E-state index contributed by atoms with van der Waals surface area (Å²) in [6.07, 6.45) is 12.9. The van der Waals surface area contributed by atoms with Gasteiger partial charge in [-0.2, -0.15) is 0 Å². The van der Waals surface area contributed by atoms with Gasteiger partial charge in [-0.15, -0.1) is 0 Å². The van der Waals surface area contributed by atoms with E-state index in [9.17, 15) is 0 Å². The summed E-state index contributed by atoms with van der Waals surface area (Å²) in [6.45, 7) is 8.81. The molecule has 1 N–H and O–H groups in total. The van der Waals surface area contributed by atoms with Crippen molar-refractivity contribution in [2.75, 3.05) is 19.6 Å². The minimum absolute atomic E-state index is 0.490. The minimum Gasteiger partial charge on any atom is -0.308 e. The molecule has 3 rings (SSSR count). The number of nitrogens with one attached hydrogen (secondary N) is 1. The molecule has 0 radical (unpaired) electrons. The zero-order chi connectivity index (χ0) is 14.0. The van der Waals surface area contributed by atoms with Crippen LogP contribution in [0.15, 0.2) is 0 Å². The lowest BCUT2D eigenvalue weighted by atomic mass is 9.79. The van der Waals surface area contributed by atoms with Crippen LogP contribution in [0.2, 0.25) is 0 Å². The average Bonchev–Trinajstić information content (AvgIpc) is 2.90. The molecule has 0 aromatic carbocycles. The van der Waals surface area contributed by atoms with Crippen molar-refractivity contribution >= 4 is 0 Å². The zero-order valence-electron chi connectivity index (χ0n) is 13.7. The molecule has 3 atom stereocenters. The average molecular weight is 278 g/mol. The molecule has 3 fully saturated rings. The molecule has 0 bridgehead atoms. The van der Waals surface area contributed by atoms with Gasteiger partial charge in [0.2, 0.25) is 0 Å². The van der Waals surface area contributed by atoms with Crippen molar-refractivity contribution in [3.8, 4) is 0 Å². The molecule has 3 aliphatic rings. The lowest BCUT2D eigenvalue weighted by Crippen LogP contribution is -2.63. The fourth-order valence-corrected chi connectivity index (χ4v) is 5.01. The topological polar surface area (TPSA) is 15.3 Å². The van der Waals surface area contributed by atoms with Crippen molar-refractivity contribution in [3.05, 3.63) is 0 Å². The van der Waals surface area contributed by atoms with Gasteiger partial charge >= 0.3 is 0 Å². The molecule has 116 valence electrons. The lowest BCUT2D eigenvalue weighted by molar-refractivity contribution is 0.0476. The summed E-state index contributed by atoms with van der Waals surface area (Å²) >= 11 is 0. The number of nitrogens with zero attached hydrogens (tertiary/aromatic N) is 1. The van der Waals surface area contributed by atoms with Gasteiger partial charge in [0.15, 0.2) is 0 Å². The van der Waals surface area contributed by atoms with Gasteiger partial charge in [0.05, 0.1) is 0 Å². The summed E-state index contributed by atoms with van der Waals surface area (Å²) in [5.41, 5.74) is 0.490. The number of hydrogen-bond acceptors (Lipinski definition) is 2. The highest BCUT2D eigenvalue weighted by atomic mass is 15.3. The van der Waals surface area contributed by atoms with E-state index in [2.05, 4.69) is 24.1 Å². The monoisotopic (exact) mass is 278 g/mol. The van der Waals surface area contributed by atoms with Crippen LogP contribution < -0.4 is 5.32 Å². The Balaban J connectivity index is 1.64. The van der Waals surface area contributed by atoms with Crippen LogP contribution in [0.5, 0.6) is 0 Å². The van der Waals surface area contributed by atoms with Gasteiger partial charge in [0.25, 0.3) is 0 Å². The van der Waals surface area contributed by atoms with E-state index < -0.39 is 0 Å². The number of hydrogen-bond donors (Lipinski definition) is 1. The maximum atomic E-state index is 3.93. The highest BCUT2D eigenvalue weighted by molar-refractivity contribution is 5.01. The van der Waals surface area contributed by atoms with Crippen LogP contribution in [0, 0.1) is 11.8 Å². The summed E-state index contributed by atoms with van der Waals surface area (Å²) in [5, 5.41) is 3.93. The lowest BCUT2D eigenvalue weighted by Gasteiger charge is -2.48. The third-order valence-electron chi connectivity index (χ3n) is 6.52. The molecule has 1 saturated heterocycles. The molecule has 2 saturated carbocycles. The Labute approximate surface area is 125 Å². The van der Waals surface area contributed by atoms with Gasteiger partial charge in [-0.3, -0.25) is 4.90 Å². The molecule has 1 heterocycles. The number of piperazine rings is 1. The Morgan fingerprint density at radius 2 is 1.85 bits per heavy atom. The molecule has 0 aromatic rings. The Hall–Kier alpha value is -0.0800. The van der Waals surface area contributed by atoms with Crippen LogP contribution in [-0.4, -0.2) is 36.1 Å². The van der Waals surface area contributed by atoms with Gasteiger partial charge in [-0.25, -0.2) is 0 Å². The van der Waals surface area contributed by atoms with E-state index in [1.54, 1.807) is 0 Å². The van der Waals surface area contributed by atoms with Crippen LogP contribution in [-0.2, 0) is 0 Å². The summed E-state index contributed by atoms with van der Waals surface area (Å²) in [5.74, 6) is 1.92. The first-order chi connectivity index (χ1) is 9.72. The second-order valence-corrected chi connectivity index (χ2v) is 7.88. The maximum Gasteiger partial charge on any atom is 0.0309 e.